The summed E-state index contributed by atoms with van der Waals surface area (Å²) in [6.07, 6.45) is 2.70. The van der Waals surface area contributed by atoms with E-state index in [1.54, 1.807) is 17.8 Å². The minimum atomic E-state index is 0.0574. The molecule has 0 aliphatic heterocycles. The van der Waals surface area contributed by atoms with E-state index in [1.165, 1.54) is 11.3 Å². The van der Waals surface area contributed by atoms with Gasteiger partial charge in [0.2, 0.25) is 0 Å². The van der Waals surface area contributed by atoms with Crippen LogP contribution in [0.2, 0.25) is 0 Å². The van der Waals surface area contributed by atoms with Crippen molar-refractivity contribution in [3.8, 4) is 5.75 Å². The third-order valence-corrected chi connectivity index (χ3v) is 4.02. The van der Waals surface area contributed by atoms with Crippen molar-refractivity contribution in [3.05, 3.63) is 23.1 Å². The van der Waals surface area contributed by atoms with Gasteiger partial charge in [0.05, 0.1) is 5.56 Å². The van der Waals surface area contributed by atoms with E-state index in [-0.39, 0.29) is 5.75 Å². The topological polar surface area (TPSA) is 37.3 Å². The summed E-state index contributed by atoms with van der Waals surface area (Å²) < 4.78 is 0.865. The van der Waals surface area contributed by atoms with Crippen molar-refractivity contribution in [1.29, 1.82) is 0 Å². The second-order valence-electron chi connectivity index (χ2n) is 2.80. The lowest BCUT2D eigenvalue weighted by atomic mass is 10.1. The fourth-order valence-corrected chi connectivity index (χ4v) is 3.28. The second-order valence-corrected chi connectivity index (χ2v) is 4.52. The van der Waals surface area contributed by atoms with Crippen LogP contribution in [0, 0.1) is 0 Å². The van der Waals surface area contributed by atoms with Gasteiger partial charge in [0.15, 0.2) is 6.29 Å². The summed E-state index contributed by atoms with van der Waals surface area (Å²) in [6.45, 7) is 0. The summed E-state index contributed by atoms with van der Waals surface area (Å²) in [6, 6.07) is 3.42. The van der Waals surface area contributed by atoms with E-state index in [0.29, 0.717) is 11.8 Å². The van der Waals surface area contributed by atoms with Crippen LogP contribution in [0.1, 0.15) is 10.4 Å². The van der Waals surface area contributed by atoms with Crippen molar-refractivity contribution >= 4 is 39.5 Å². The van der Waals surface area contributed by atoms with Gasteiger partial charge in [-0.25, -0.2) is 0 Å². The van der Waals surface area contributed by atoms with Gasteiger partial charge in [-0.05, 0) is 18.4 Å². The van der Waals surface area contributed by atoms with Crippen molar-refractivity contribution in [2.45, 2.75) is 4.90 Å². The van der Waals surface area contributed by atoms with E-state index in [0.717, 1.165) is 15.0 Å². The third kappa shape index (κ3) is 1.31. The average molecular weight is 224 g/mol. The zero-order valence-electron chi connectivity index (χ0n) is 7.48. The summed E-state index contributed by atoms with van der Waals surface area (Å²) in [7, 11) is 0. The normalized spacial score (nSPS) is 10.6. The molecule has 0 aliphatic carbocycles. The molecule has 2 aromatic rings. The lowest BCUT2D eigenvalue weighted by molar-refractivity contribution is 0.112. The van der Waals surface area contributed by atoms with Gasteiger partial charge < -0.3 is 5.11 Å². The predicted molar refractivity (Wildman–Crippen MR) is 60.7 cm³/mol. The molecule has 0 fully saturated rings. The number of phenols is 1. The average Bonchev–Trinajstić information content (AvgIpc) is 2.60. The number of aromatic hydroxyl groups is 1. The minimum Gasteiger partial charge on any atom is -0.507 e. The molecule has 2 rings (SSSR count). The van der Waals surface area contributed by atoms with Crippen LogP contribution in [0.15, 0.2) is 22.4 Å². The predicted octanol–water partition coefficient (Wildman–Crippen LogP) is 3.14. The standard InChI is InChI=1S/C10H8O2S2/c1-13-9-5-14-10-6(9)2-3-8(12)7(10)4-11/h2-5,12H,1H3. The van der Waals surface area contributed by atoms with Gasteiger partial charge in [0, 0.05) is 20.4 Å². The monoisotopic (exact) mass is 224 g/mol. The van der Waals surface area contributed by atoms with E-state index in [1.807, 2.05) is 17.7 Å². The molecule has 0 bridgehead atoms. The summed E-state index contributed by atoms with van der Waals surface area (Å²) in [5.74, 6) is 0.0574. The maximum absolute atomic E-state index is 10.8. The number of aldehydes is 1. The van der Waals surface area contributed by atoms with Crippen molar-refractivity contribution in [2.75, 3.05) is 6.26 Å². The highest BCUT2D eigenvalue weighted by molar-refractivity contribution is 7.99. The molecule has 0 aliphatic rings. The van der Waals surface area contributed by atoms with Gasteiger partial charge in [0.25, 0.3) is 0 Å². The Bertz CT molecular complexity index is 488. The number of thioether (sulfide) groups is 1. The summed E-state index contributed by atoms with van der Waals surface area (Å²) in [4.78, 5) is 11.9. The number of rotatable bonds is 2. The number of carbonyl (C=O) groups excluding carboxylic acids is 1. The second kappa shape index (κ2) is 3.63. The van der Waals surface area contributed by atoms with Crippen LogP contribution in [-0.2, 0) is 0 Å². The molecule has 1 aromatic carbocycles. The van der Waals surface area contributed by atoms with Gasteiger partial charge >= 0.3 is 0 Å². The molecule has 1 aromatic heterocycles. The van der Waals surface area contributed by atoms with Crippen LogP contribution >= 0.6 is 23.1 Å². The first-order valence-electron chi connectivity index (χ1n) is 4.00. The van der Waals surface area contributed by atoms with Gasteiger partial charge in [-0.2, -0.15) is 0 Å². The molecular formula is C10H8O2S2. The van der Waals surface area contributed by atoms with Crippen molar-refractivity contribution in [3.63, 3.8) is 0 Å². The van der Waals surface area contributed by atoms with E-state index < -0.39 is 0 Å². The summed E-state index contributed by atoms with van der Waals surface area (Å²) in [5, 5.41) is 12.5. The van der Waals surface area contributed by atoms with Gasteiger partial charge in [-0.3, -0.25) is 4.79 Å². The quantitative estimate of drug-likeness (QED) is 0.629. The highest BCUT2D eigenvalue weighted by Crippen LogP contribution is 2.36. The van der Waals surface area contributed by atoms with Gasteiger partial charge in [0.1, 0.15) is 5.75 Å². The Kier molecular flexibility index (Phi) is 2.48. The Hall–Kier alpha value is -1.00. The van der Waals surface area contributed by atoms with Gasteiger partial charge in [-0.1, -0.05) is 0 Å². The number of benzene rings is 1. The number of fused-ring (bicyclic) bond motifs is 1. The molecule has 0 spiro atoms. The Labute approximate surface area is 89.6 Å². The Morgan fingerprint density at radius 3 is 2.93 bits per heavy atom. The molecule has 1 heterocycles. The molecule has 1 N–H and O–H groups in total. The molecule has 0 saturated carbocycles. The first-order valence-corrected chi connectivity index (χ1v) is 6.10. The Morgan fingerprint density at radius 2 is 2.29 bits per heavy atom. The van der Waals surface area contributed by atoms with E-state index in [4.69, 9.17) is 0 Å². The molecule has 0 unspecified atom stereocenters. The number of phenolic OH excluding ortho intramolecular Hbond substituents is 1. The maximum atomic E-state index is 10.8. The SMILES string of the molecule is CSc1csc2c(C=O)c(O)ccc12. The number of carbonyl (C=O) groups is 1. The lowest BCUT2D eigenvalue weighted by Gasteiger charge is -1.99. The van der Waals surface area contributed by atoms with Crippen molar-refractivity contribution in [1.82, 2.24) is 0 Å². The highest BCUT2D eigenvalue weighted by Gasteiger charge is 2.10. The molecule has 72 valence electrons. The van der Waals surface area contributed by atoms with E-state index in [9.17, 15) is 9.90 Å². The summed E-state index contributed by atoms with van der Waals surface area (Å²) in [5.41, 5.74) is 0.396. The highest BCUT2D eigenvalue weighted by atomic mass is 32.2. The van der Waals surface area contributed by atoms with Crippen LogP contribution in [0.5, 0.6) is 5.75 Å². The Morgan fingerprint density at radius 1 is 1.50 bits per heavy atom. The smallest absolute Gasteiger partial charge is 0.155 e. The minimum absolute atomic E-state index is 0.0574. The molecule has 0 atom stereocenters. The molecule has 0 saturated heterocycles. The molecule has 4 heteroatoms. The Balaban J connectivity index is 2.83. The largest absolute Gasteiger partial charge is 0.507 e. The van der Waals surface area contributed by atoms with Crippen LogP contribution < -0.4 is 0 Å². The van der Waals surface area contributed by atoms with E-state index in [2.05, 4.69) is 0 Å². The zero-order valence-corrected chi connectivity index (χ0v) is 9.11. The van der Waals surface area contributed by atoms with Gasteiger partial charge in [-0.15, -0.1) is 23.1 Å². The fourth-order valence-electron chi connectivity index (χ4n) is 1.36. The van der Waals surface area contributed by atoms with Crippen molar-refractivity contribution < 1.29 is 9.90 Å². The van der Waals surface area contributed by atoms with Crippen LogP contribution in [-0.4, -0.2) is 17.6 Å². The third-order valence-electron chi connectivity index (χ3n) is 2.06. The molecule has 0 radical (unpaired) electrons. The lowest BCUT2D eigenvalue weighted by Crippen LogP contribution is -1.81. The molecular weight excluding hydrogens is 216 g/mol. The fraction of sp³-hybridized carbons (Fsp3) is 0.100. The zero-order chi connectivity index (χ0) is 10.1. The van der Waals surface area contributed by atoms with Crippen LogP contribution in [0.25, 0.3) is 10.1 Å². The summed E-state index contributed by atoms with van der Waals surface area (Å²) >= 11 is 3.13. The van der Waals surface area contributed by atoms with E-state index >= 15 is 0 Å². The molecule has 0 amide bonds. The maximum Gasteiger partial charge on any atom is 0.155 e. The number of hydrogen-bond donors (Lipinski definition) is 1. The number of thiophene rings is 1. The van der Waals surface area contributed by atoms with Crippen molar-refractivity contribution in [2.24, 2.45) is 0 Å². The number of hydrogen-bond acceptors (Lipinski definition) is 4. The van der Waals surface area contributed by atoms with Crippen LogP contribution in [0.3, 0.4) is 0 Å². The molecule has 14 heavy (non-hydrogen) atoms. The first kappa shape index (κ1) is 9.55. The molecule has 2 nitrogen and oxygen atoms in total. The first-order chi connectivity index (χ1) is 6.77. The van der Waals surface area contributed by atoms with Crippen LogP contribution in [0.4, 0.5) is 0 Å².